The van der Waals surface area contributed by atoms with E-state index >= 15 is 0 Å². The summed E-state index contributed by atoms with van der Waals surface area (Å²) in [6.45, 7) is 0. The van der Waals surface area contributed by atoms with Crippen molar-refractivity contribution in [1.29, 1.82) is 0 Å². The first-order valence-corrected chi connectivity index (χ1v) is 4.93. The standard InChI is InChI=1S/C12H10N2O2/c1-16-9-6-7-2-4-13-8-3-5-14-11(10(7)8)12(9)15/h2-6,13,15H,1H3. The lowest BCUT2D eigenvalue weighted by Gasteiger charge is -2.15. The maximum absolute atomic E-state index is 9.98. The molecule has 4 heteroatoms. The van der Waals surface area contributed by atoms with Crippen LogP contribution in [0.3, 0.4) is 0 Å². The molecule has 0 spiro atoms. The highest BCUT2D eigenvalue weighted by atomic mass is 16.5. The van der Waals surface area contributed by atoms with Gasteiger partial charge in [0.15, 0.2) is 11.5 Å². The molecule has 1 aliphatic rings. The maximum Gasteiger partial charge on any atom is 0.184 e. The molecule has 0 aliphatic carbocycles. The zero-order valence-corrected chi connectivity index (χ0v) is 8.69. The lowest BCUT2D eigenvalue weighted by atomic mass is 10.0. The van der Waals surface area contributed by atoms with Crippen molar-refractivity contribution in [3.05, 3.63) is 30.1 Å². The number of pyridine rings is 1. The predicted octanol–water partition coefficient (Wildman–Crippen LogP) is 2.35. The molecule has 0 bridgehead atoms. The van der Waals surface area contributed by atoms with E-state index in [1.807, 2.05) is 18.3 Å². The van der Waals surface area contributed by atoms with Crippen molar-refractivity contribution in [2.45, 2.75) is 0 Å². The van der Waals surface area contributed by atoms with Crippen molar-refractivity contribution in [1.82, 2.24) is 4.98 Å². The monoisotopic (exact) mass is 214 g/mol. The number of hydrogen-bond donors (Lipinski definition) is 2. The molecule has 0 atom stereocenters. The Kier molecular flexibility index (Phi) is 1.77. The van der Waals surface area contributed by atoms with Crippen LogP contribution < -0.4 is 10.1 Å². The highest BCUT2D eigenvalue weighted by molar-refractivity contribution is 6.04. The Bertz CT molecular complexity index is 605. The van der Waals surface area contributed by atoms with Gasteiger partial charge in [0.1, 0.15) is 5.52 Å². The van der Waals surface area contributed by atoms with Crippen molar-refractivity contribution in [2.24, 2.45) is 0 Å². The molecule has 2 heterocycles. The summed E-state index contributed by atoms with van der Waals surface area (Å²) in [5.41, 5.74) is 2.50. The molecule has 0 saturated heterocycles. The van der Waals surface area contributed by atoms with E-state index in [1.54, 1.807) is 12.3 Å². The summed E-state index contributed by atoms with van der Waals surface area (Å²) < 4.78 is 5.12. The van der Waals surface area contributed by atoms with Crippen LogP contribution in [0.1, 0.15) is 5.56 Å². The van der Waals surface area contributed by atoms with Crippen LogP contribution in [-0.4, -0.2) is 17.2 Å². The number of anilines is 1. The number of phenols is 1. The highest BCUT2D eigenvalue weighted by Crippen LogP contribution is 2.40. The van der Waals surface area contributed by atoms with Crippen molar-refractivity contribution in [3.63, 3.8) is 0 Å². The Morgan fingerprint density at radius 1 is 1.44 bits per heavy atom. The number of nitrogens with one attached hydrogen (secondary N) is 1. The second-order valence-corrected chi connectivity index (χ2v) is 3.58. The number of ether oxygens (including phenoxy) is 1. The molecule has 2 aromatic rings. The number of methoxy groups -OCH3 is 1. The first kappa shape index (κ1) is 9.03. The topological polar surface area (TPSA) is 54.4 Å². The average molecular weight is 214 g/mol. The number of rotatable bonds is 1. The summed E-state index contributed by atoms with van der Waals surface area (Å²) in [6.07, 6.45) is 5.44. The number of benzene rings is 1. The van der Waals surface area contributed by atoms with Gasteiger partial charge in [-0.2, -0.15) is 0 Å². The Morgan fingerprint density at radius 3 is 3.12 bits per heavy atom. The Balaban J connectivity index is 2.49. The van der Waals surface area contributed by atoms with Gasteiger partial charge in [-0.25, -0.2) is 0 Å². The van der Waals surface area contributed by atoms with Crippen LogP contribution in [0, 0.1) is 0 Å². The largest absolute Gasteiger partial charge is 0.503 e. The second kappa shape index (κ2) is 3.13. The third kappa shape index (κ3) is 1.07. The predicted molar refractivity (Wildman–Crippen MR) is 62.6 cm³/mol. The molecule has 3 rings (SSSR count). The average Bonchev–Trinajstić information content (AvgIpc) is 2.33. The van der Waals surface area contributed by atoms with Gasteiger partial charge < -0.3 is 15.2 Å². The number of hydrogen-bond acceptors (Lipinski definition) is 4. The van der Waals surface area contributed by atoms with Crippen LogP contribution in [0.25, 0.3) is 17.0 Å². The molecular formula is C12H10N2O2. The van der Waals surface area contributed by atoms with E-state index in [0.717, 1.165) is 16.6 Å². The van der Waals surface area contributed by atoms with Crippen LogP contribution in [-0.2, 0) is 0 Å². The van der Waals surface area contributed by atoms with Gasteiger partial charge in [-0.15, -0.1) is 0 Å². The molecule has 4 nitrogen and oxygen atoms in total. The van der Waals surface area contributed by atoms with E-state index in [2.05, 4.69) is 10.3 Å². The van der Waals surface area contributed by atoms with Crippen LogP contribution in [0.2, 0.25) is 0 Å². The summed E-state index contributed by atoms with van der Waals surface area (Å²) in [7, 11) is 1.53. The van der Waals surface area contributed by atoms with Crippen LogP contribution >= 0.6 is 0 Å². The molecule has 0 amide bonds. The minimum atomic E-state index is 0.0835. The van der Waals surface area contributed by atoms with Gasteiger partial charge >= 0.3 is 0 Å². The van der Waals surface area contributed by atoms with Gasteiger partial charge in [0.25, 0.3) is 0 Å². The quantitative estimate of drug-likeness (QED) is 0.765. The number of nitrogens with zero attached hydrogens (tertiary/aromatic N) is 1. The number of phenolic OH excluding ortho intramolecular Hbond substituents is 1. The molecule has 2 N–H and O–H groups in total. The molecule has 1 aromatic carbocycles. The summed E-state index contributed by atoms with van der Waals surface area (Å²) in [4.78, 5) is 4.19. The molecule has 1 aromatic heterocycles. The zero-order chi connectivity index (χ0) is 11.1. The summed E-state index contributed by atoms with van der Waals surface area (Å²) in [5.74, 6) is 0.527. The van der Waals surface area contributed by atoms with E-state index in [1.165, 1.54) is 7.11 Å². The normalized spacial score (nSPS) is 12.6. The van der Waals surface area contributed by atoms with Gasteiger partial charge in [-0.05, 0) is 23.8 Å². The third-order valence-electron chi connectivity index (χ3n) is 2.71. The fourth-order valence-electron chi connectivity index (χ4n) is 1.96. The summed E-state index contributed by atoms with van der Waals surface area (Å²) in [5, 5.41) is 14.0. The van der Waals surface area contributed by atoms with Crippen LogP contribution in [0.4, 0.5) is 5.69 Å². The smallest absolute Gasteiger partial charge is 0.184 e. The molecule has 16 heavy (non-hydrogen) atoms. The zero-order valence-electron chi connectivity index (χ0n) is 8.69. The minimum Gasteiger partial charge on any atom is -0.503 e. The van der Waals surface area contributed by atoms with E-state index in [-0.39, 0.29) is 5.75 Å². The summed E-state index contributed by atoms with van der Waals surface area (Å²) in [6, 6.07) is 3.68. The van der Waals surface area contributed by atoms with E-state index < -0.39 is 0 Å². The third-order valence-corrected chi connectivity index (χ3v) is 2.71. The fourth-order valence-corrected chi connectivity index (χ4v) is 1.96. The molecule has 1 aliphatic heterocycles. The van der Waals surface area contributed by atoms with Crippen molar-refractivity contribution in [2.75, 3.05) is 12.4 Å². The first-order valence-electron chi connectivity index (χ1n) is 4.93. The Morgan fingerprint density at radius 2 is 2.31 bits per heavy atom. The molecule has 0 unspecified atom stereocenters. The lowest BCUT2D eigenvalue weighted by Crippen LogP contribution is -1.98. The van der Waals surface area contributed by atoms with Crippen molar-refractivity contribution < 1.29 is 9.84 Å². The molecular weight excluding hydrogens is 204 g/mol. The fraction of sp³-hybridized carbons (Fsp3) is 0.0833. The Labute approximate surface area is 92.2 Å². The van der Waals surface area contributed by atoms with Crippen molar-refractivity contribution in [3.8, 4) is 11.5 Å². The molecule has 80 valence electrons. The van der Waals surface area contributed by atoms with Gasteiger partial charge in [0.05, 0.1) is 7.11 Å². The van der Waals surface area contributed by atoms with Gasteiger partial charge in [0.2, 0.25) is 0 Å². The van der Waals surface area contributed by atoms with Gasteiger partial charge in [0, 0.05) is 23.5 Å². The van der Waals surface area contributed by atoms with Crippen molar-refractivity contribution >= 4 is 22.7 Å². The Hall–Kier alpha value is -2.23. The molecule has 0 saturated carbocycles. The summed E-state index contributed by atoms with van der Waals surface area (Å²) >= 11 is 0. The minimum absolute atomic E-state index is 0.0835. The van der Waals surface area contributed by atoms with E-state index in [9.17, 15) is 5.11 Å². The second-order valence-electron chi connectivity index (χ2n) is 3.58. The van der Waals surface area contributed by atoms with E-state index in [4.69, 9.17) is 4.74 Å². The molecule has 0 fully saturated rings. The van der Waals surface area contributed by atoms with Crippen LogP contribution in [0.5, 0.6) is 11.5 Å². The maximum atomic E-state index is 9.98. The highest BCUT2D eigenvalue weighted by Gasteiger charge is 2.16. The van der Waals surface area contributed by atoms with Gasteiger partial charge in [-0.3, -0.25) is 4.98 Å². The van der Waals surface area contributed by atoms with Gasteiger partial charge in [-0.1, -0.05) is 0 Å². The number of aromatic hydroxyl groups is 1. The molecule has 0 radical (unpaired) electrons. The lowest BCUT2D eigenvalue weighted by molar-refractivity contribution is 0.376. The first-order chi connectivity index (χ1) is 7.81. The van der Waals surface area contributed by atoms with E-state index in [0.29, 0.717) is 11.3 Å². The SMILES string of the molecule is COc1cc2c3c(ccnc3c1O)NC=C2. The van der Waals surface area contributed by atoms with Crippen LogP contribution in [0.15, 0.2) is 24.5 Å². The number of aromatic nitrogens is 1.